The van der Waals surface area contributed by atoms with Gasteiger partial charge < -0.3 is 15.4 Å². The Labute approximate surface area is 157 Å². The number of nitrogens with one attached hydrogen (secondary N) is 2. The average molecular weight is 360 g/mol. The average Bonchev–Trinajstić information content (AvgIpc) is 3.43. The summed E-state index contributed by atoms with van der Waals surface area (Å²) in [5.41, 5.74) is 2.44. The van der Waals surface area contributed by atoms with Crippen molar-refractivity contribution in [1.82, 2.24) is 15.5 Å². The number of hydrogen-bond donors (Lipinski definition) is 2. The summed E-state index contributed by atoms with van der Waals surface area (Å²) in [7, 11) is 0. The lowest BCUT2D eigenvalue weighted by atomic mass is 10.0. The molecular weight excluding hydrogens is 326 g/mol. The zero-order valence-corrected chi connectivity index (χ0v) is 16.3. The molecule has 2 N–H and O–H groups in total. The molecule has 1 saturated carbocycles. The van der Waals surface area contributed by atoms with Gasteiger partial charge in [-0.15, -0.1) is 0 Å². The van der Waals surface area contributed by atoms with Crippen molar-refractivity contribution in [3.05, 3.63) is 35.4 Å². The van der Waals surface area contributed by atoms with E-state index in [1.54, 1.807) is 0 Å². The zero-order chi connectivity index (χ0) is 18.5. The van der Waals surface area contributed by atoms with Crippen LogP contribution in [0.5, 0.6) is 0 Å². The number of urea groups is 1. The van der Waals surface area contributed by atoms with Gasteiger partial charge in [-0.1, -0.05) is 43.7 Å². The highest BCUT2D eigenvalue weighted by Crippen LogP contribution is 2.40. The van der Waals surface area contributed by atoms with E-state index in [9.17, 15) is 4.79 Å². The first kappa shape index (κ1) is 19.2. The normalized spacial score (nSPS) is 22.2. The number of rotatable bonds is 7. The maximum absolute atomic E-state index is 12.4. The molecule has 0 bridgehead atoms. The van der Waals surface area contributed by atoms with E-state index in [1.165, 1.54) is 24.0 Å². The van der Waals surface area contributed by atoms with Crippen molar-refractivity contribution in [1.29, 1.82) is 0 Å². The van der Waals surface area contributed by atoms with Crippen molar-refractivity contribution in [2.45, 2.75) is 45.8 Å². The third-order valence-electron chi connectivity index (χ3n) is 5.15. The highest BCUT2D eigenvalue weighted by Gasteiger charge is 2.33. The summed E-state index contributed by atoms with van der Waals surface area (Å²) in [6, 6.07) is 8.51. The first-order chi connectivity index (χ1) is 12.5. The van der Waals surface area contributed by atoms with Gasteiger partial charge >= 0.3 is 6.03 Å². The van der Waals surface area contributed by atoms with Crippen molar-refractivity contribution < 1.29 is 9.53 Å². The Morgan fingerprint density at radius 3 is 2.65 bits per heavy atom. The molecule has 2 amide bonds. The highest BCUT2D eigenvalue weighted by molar-refractivity contribution is 5.74. The molecule has 144 valence electrons. The lowest BCUT2D eigenvalue weighted by Gasteiger charge is -2.34. The minimum Gasteiger partial charge on any atom is -0.374 e. The van der Waals surface area contributed by atoms with Crippen LogP contribution in [0.2, 0.25) is 0 Å². The van der Waals surface area contributed by atoms with Gasteiger partial charge in [-0.2, -0.15) is 0 Å². The summed E-state index contributed by atoms with van der Waals surface area (Å²) in [6.45, 7) is 10.8. The summed E-state index contributed by atoms with van der Waals surface area (Å²) in [5.74, 6) is 1.22. The Balaban J connectivity index is 1.47. The van der Waals surface area contributed by atoms with Gasteiger partial charge in [0, 0.05) is 26.2 Å². The molecule has 0 aromatic heterocycles. The lowest BCUT2D eigenvalue weighted by molar-refractivity contribution is -0.0290. The van der Waals surface area contributed by atoms with E-state index >= 15 is 0 Å². The minimum atomic E-state index is -0.0907. The number of aryl methyl sites for hydroxylation is 1. The molecule has 1 aliphatic carbocycles. The van der Waals surface area contributed by atoms with Crippen molar-refractivity contribution >= 4 is 6.03 Å². The number of carbonyl (C=O) groups excluding carboxylic acids is 1. The molecule has 5 nitrogen and oxygen atoms in total. The molecule has 2 atom stereocenters. The van der Waals surface area contributed by atoms with Crippen LogP contribution in [-0.2, 0) is 4.74 Å². The van der Waals surface area contributed by atoms with E-state index in [2.05, 4.69) is 60.6 Å². The Bertz CT molecular complexity index is 583. The van der Waals surface area contributed by atoms with Gasteiger partial charge in [-0.3, -0.25) is 4.90 Å². The fourth-order valence-corrected chi connectivity index (χ4v) is 3.66. The summed E-state index contributed by atoms with van der Waals surface area (Å²) in [5, 5.41) is 6.20. The monoisotopic (exact) mass is 359 g/mol. The van der Waals surface area contributed by atoms with Crippen LogP contribution in [0.1, 0.15) is 43.9 Å². The van der Waals surface area contributed by atoms with Gasteiger partial charge in [0.05, 0.1) is 18.8 Å². The van der Waals surface area contributed by atoms with Gasteiger partial charge in [0.25, 0.3) is 0 Å². The van der Waals surface area contributed by atoms with E-state index in [4.69, 9.17) is 4.74 Å². The molecule has 1 aromatic carbocycles. The van der Waals surface area contributed by atoms with Crippen LogP contribution >= 0.6 is 0 Å². The summed E-state index contributed by atoms with van der Waals surface area (Å²) >= 11 is 0. The molecule has 1 saturated heterocycles. The van der Waals surface area contributed by atoms with E-state index < -0.39 is 0 Å². The molecule has 26 heavy (non-hydrogen) atoms. The second-order valence-electron chi connectivity index (χ2n) is 8.23. The van der Waals surface area contributed by atoms with Gasteiger partial charge in [-0.05, 0) is 37.2 Å². The van der Waals surface area contributed by atoms with Crippen molar-refractivity contribution in [3.8, 4) is 0 Å². The maximum Gasteiger partial charge on any atom is 0.315 e. The van der Waals surface area contributed by atoms with Crippen LogP contribution in [-0.4, -0.2) is 49.8 Å². The summed E-state index contributed by atoms with van der Waals surface area (Å²) in [4.78, 5) is 14.9. The van der Waals surface area contributed by atoms with E-state index in [1.807, 2.05) is 0 Å². The molecule has 0 spiro atoms. The smallest absolute Gasteiger partial charge is 0.315 e. The molecule has 1 heterocycles. The molecule has 0 radical (unpaired) electrons. The quantitative estimate of drug-likeness (QED) is 0.786. The highest BCUT2D eigenvalue weighted by atomic mass is 16.5. The number of nitrogens with zero attached hydrogens (tertiary/aromatic N) is 1. The lowest BCUT2D eigenvalue weighted by Crippen LogP contribution is -2.50. The first-order valence-electron chi connectivity index (χ1n) is 9.96. The van der Waals surface area contributed by atoms with Crippen LogP contribution in [0.25, 0.3) is 0 Å². The third-order valence-corrected chi connectivity index (χ3v) is 5.15. The topological polar surface area (TPSA) is 53.6 Å². The Hall–Kier alpha value is -1.59. The van der Waals surface area contributed by atoms with Crippen molar-refractivity contribution in [3.63, 3.8) is 0 Å². The number of ether oxygens (including phenoxy) is 1. The van der Waals surface area contributed by atoms with Gasteiger partial charge in [0.2, 0.25) is 0 Å². The first-order valence-corrected chi connectivity index (χ1v) is 9.96. The largest absolute Gasteiger partial charge is 0.374 e. The maximum atomic E-state index is 12.4. The number of carbonyl (C=O) groups is 1. The molecule has 5 heteroatoms. The second-order valence-corrected chi connectivity index (χ2v) is 8.23. The van der Waals surface area contributed by atoms with E-state index in [-0.39, 0.29) is 18.2 Å². The fourth-order valence-electron chi connectivity index (χ4n) is 3.66. The standard InChI is InChI=1S/C21H33N3O2/c1-15(2)13-24-10-11-26-19(14-24)12-22-21(25)23-20(18-8-9-18)17-6-4-16(3)5-7-17/h4-7,15,18-20H,8-14H2,1-3H3,(H2,22,23,25). The molecule has 2 fully saturated rings. The Kier molecular flexibility index (Phi) is 6.54. The van der Waals surface area contributed by atoms with Crippen molar-refractivity contribution in [2.24, 2.45) is 11.8 Å². The minimum absolute atomic E-state index is 0.0759. The van der Waals surface area contributed by atoms with E-state index in [0.717, 1.165) is 26.2 Å². The molecule has 2 unspecified atom stereocenters. The molecule has 1 aliphatic heterocycles. The Morgan fingerprint density at radius 1 is 1.27 bits per heavy atom. The molecule has 1 aromatic rings. The number of morpholine rings is 1. The van der Waals surface area contributed by atoms with Gasteiger partial charge in [0.15, 0.2) is 0 Å². The SMILES string of the molecule is Cc1ccc(C(NC(=O)NCC2CN(CC(C)C)CCO2)C2CC2)cc1. The molecule has 2 aliphatic rings. The Morgan fingerprint density at radius 2 is 2.00 bits per heavy atom. The van der Waals surface area contributed by atoms with Crippen LogP contribution in [0.4, 0.5) is 4.79 Å². The van der Waals surface area contributed by atoms with Crippen LogP contribution < -0.4 is 10.6 Å². The predicted molar refractivity (Wildman–Crippen MR) is 104 cm³/mol. The fraction of sp³-hybridized carbons (Fsp3) is 0.667. The summed E-state index contributed by atoms with van der Waals surface area (Å²) < 4.78 is 5.82. The third kappa shape index (κ3) is 5.71. The number of amides is 2. The summed E-state index contributed by atoms with van der Waals surface area (Å²) in [6.07, 6.45) is 2.45. The van der Waals surface area contributed by atoms with Crippen LogP contribution in [0.15, 0.2) is 24.3 Å². The van der Waals surface area contributed by atoms with Crippen LogP contribution in [0.3, 0.4) is 0 Å². The second kappa shape index (κ2) is 8.87. The number of benzene rings is 1. The zero-order valence-electron chi connectivity index (χ0n) is 16.3. The molecular formula is C21H33N3O2. The predicted octanol–water partition coefficient (Wildman–Crippen LogP) is 3.10. The van der Waals surface area contributed by atoms with Crippen LogP contribution in [0, 0.1) is 18.8 Å². The van der Waals surface area contributed by atoms with E-state index in [0.29, 0.717) is 18.4 Å². The van der Waals surface area contributed by atoms with Crippen molar-refractivity contribution in [2.75, 3.05) is 32.8 Å². The number of hydrogen-bond acceptors (Lipinski definition) is 3. The molecule has 3 rings (SSSR count). The van der Waals surface area contributed by atoms with Gasteiger partial charge in [0.1, 0.15) is 0 Å². The van der Waals surface area contributed by atoms with Gasteiger partial charge in [-0.25, -0.2) is 4.79 Å².